The fourth-order valence-corrected chi connectivity index (χ4v) is 3.53. The largest absolute Gasteiger partial charge is 0.443 e. The van der Waals surface area contributed by atoms with Gasteiger partial charge in [-0.15, -0.1) is 11.3 Å². The Kier molecular flexibility index (Phi) is 4.39. The summed E-state index contributed by atoms with van der Waals surface area (Å²) in [6.07, 6.45) is -3.08. The van der Waals surface area contributed by atoms with Crippen LogP contribution in [0.3, 0.4) is 0 Å². The van der Waals surface area contributed by atoms with E-state index in [4.69, 9.17) is 0 Å². The molecule has 1 heterocycles. The lowest BCUT2D eigenvalue weighted by atomic mass is 9.93. The van der Waals surface area contributed by atoms with Crippen molar-refractivity contribution in [1.29, 1.82) is 0 Å². The maximum atomic E-state index is 12.7. The molecule has 2 rings (SSSR count). The molecule has 2 nitrogen and oxygen atoms in total. The van der Waals surface area contributed by atoms with E-state index >= 15 is 0 Å². The molecule has 1 unspecified atom stereocenters. The van der Waals surface area contributed by atoms with E-state index in [-0.39, 0.29) is 6.04 Å². The van der Waals surface area contributed by atoms with Crippen molar-refractivity contribution in [3.63, 3.8) is 0 Å². The van der Waals surface area contributed by atoms with Gasteiger partial charge in [0.25, 0.3) is 0 Å². The molecule has 21 heavy (non-hydrogen) atoms. The van der Waals surface area contributed by atoms with Crippen LogP contribution in [-0.4, -0.2) is 12.0 Å². The Hall–Kier alpha value is -1.40. The van der Waals surface area contributed by atoms with Crippen LogP contribution in [0.4, 0.5) is 13.2 Å². The normalized spacial score (nSPS) is 13.5. The van der Waals surface area contributed by atoms with E-state index in [1.807, 2.05) is 32.9 Å². The van der Waals surface area contributed by atoms with E-state index in [1.165, 1.54) is 6.20 Å². The molecule has 0 bridgehead atoms. The van der Waals surface area contributed by atoms with Gasteiger partial charge in [-0.1, -0.05) is 17.7 Å². The molecule has 0 fully saturated rings. The first-order chi connectivity index (χ1) is 9.74. The number of nitrogens with one attached hydrogen (secondary N) is 1. The van der Waals surface area contributed by atoms with Crippen molar-refractivity contribution >= 4 is 11.3 Å². The summed E-state index contributed by atoms with van der Waals surface area (Å²) < 4.78 is 38.1. The molecule has 114 valence electrons. The predicted molar refractivity (Wildman–Crippen MR) is 78.7 cm³/mol. The molecule has 0 aliphatic heterocycles. The number of benzene rings is 1. The first-order valence-electron chi connectivity index (χ1n) is 6.52. The van der Waals surface area contributed by atoms with Gasteiger partial charge < -0.3 is 5.32 Å². The van der Waals surface area contributed by atoms with E-state index in [1.54, 1.807) is 7.05 Å². The van der Waals surface area contributed by atoms with Gasteiger partial charge in [0.05, 0.1) is 6.04 Å². The third kappa shape index (κ3) is 3.27. The summed E-state index contributed by atoms with van der Waals surface area (Å²) >= 11 is 0.690. The Balaban J connectivity index is 2.48. The van der Waals surface area contributed by atoms with Crippen LogP contribution in [0.5, 0.6) is 0 Å². The highest BCUT2D eigenvalue weighted by molar-refractivity contribution is 7.11. The van der Waals surface area contributed by atoms with Crippen molar-refractivity contribution in [3.8, 4) is 0 Å². The highest BCUT2D eigenvalue weighted by Crippen LogP contribution is 2.37. The Morgan fingerprint density at radius 1 is 1.14 bits per heavy atom. The topological polar surface area (TPSA) is 24.9 Å². The number of hydrogen-bond donors (Lipinski definition) is 1. The molecular weight excluding hydrogens is 297 g/mol. The summed E-state index contributed by atoms with van der Waals surface area (Å²) in [5.41, 5.74) is 4.28. The number of halogens is 3. The minimum atomic E-state index is -4.39. The summed E-state index contributed by atoms with van der Waals surface area (Å²) in [5, 5.41) is 2.30. The molecule has 1 N–H and O–H groups in total. The lowest BCUT2D eigenvalue weighted by Crippen LogP contribution is -2.19. The van der Waals surface area contributed by atoms with Gasteiger partial charge in [0.15, 0.2) is 5.01 Å². The quantitative estimate of drug-likeness (QED) is 0.908. The lowest BCUT2D eigenvalue weighted by molar-refractivity contribution is -0.137. The predicted octanol–water partition coefficient (Wildman–Crippen LogP) is 4.40. The highest BCUT2D eigenvalue weighted by Gasteiger charge is 2.35. The number of thiazole rings is 1. The van der Waals surface area contributed by atoms with Gasteiger partial charge in [0, 0.05) is 11.1 Å². The second kappa shape index (κ2) is 5.77. The number of alkyl halides is 3. The molecule has 0 amide bonds. The third-order valence-corrected chi connectivity index (χ3v) is 4.47. The summed E-state index contributed by atoms with van der Waals surface area (Å²) in [7, 11) is 1.75. The van der Waals surface area contributed by atoms with Crippen molar-refractivity contribution in [2.45, 2.75) is 33.0 Å². The monoisotopic (exact) mass is 314 g/mol. The molecule has 0 aliphatic carbocycles. The zero-order chi connectivity index (χ0) is 15.8. The van der Waals surface area contributed by atoms with Crippen LogP contribution in [0, 0.1) is 20.8 Å². The van der Waals surface area contributed by atoms with Gasteiger partial charge in [-0.2, -0.15) is 13.2 Å². The van der Waals surface area contributed by atoms with Crippen LogP contribution >= 0.6 is 11.3 Å². The smallest absolute Gasteiger partial charge is 0.309 e. The summed E-state index contributed by atoms with van der Waals surface area (Å²) in [5.74, 6) is 0. The van der Waals surface area contributed by atoms with E-state index in [9.17, 15) is 13.2 Å². The molecule has 2 aromatic rings. The van der Waals surface area contributed by atoms with Crippen molar-refractivity contribution in [1.82, 2.24) is 10.3 Å². The standard InChI is InChI=1S/C15H17F3N2S/c1-8-5-9(2)12(10(3)6-8)13(19-4)11-7-20-14(21-11)15(16,17)18/h5-7,13,19H,1-4H3. The first-order valence-corrected chi connectivity index (χ1v) is 7.33. The van der Waals surface area contributed by atoms with E-state index in [0.717, 1.165) is 22.3 Å². The van der Waals surface area contributed by atoms with Gasteiger partial charge in [0.1, 0.15) is 0 Å². The van der Waals surface area contributed by atoms with Crippen LogP contribution in [-0.2, 0) is 6.18 Å². The summed E-state index contributed by atoms with van der Waals surface area (Å²) in [4.78, 5) is 4.08. The summed E-state index contributed by atoms with van der Waals surface area (Å²) in [6, 6.07) is 3.80. The molecule has 0 saturated carbocycles. The molecular formula is C15H17F3N2S. The molecule has 0 aliphatic rings. The van der Waals surface area contributed by atoms with E-state index in [2.05, 4.69) is 10.3 Å². The zero-order valence-corrected chi connectivity index (χ0v) is 13.1. The van der Waals surface area contributed by atoms with Gasteiger partial charge in [-0.3, -0.25) is 0 Å². The number of aromatic nitrogens is 1. The van der Waals surface area contributed by atoms with E-state index < -0.39 is 11.2 Å². The number of hydrogen-bond acceptors (Lipinski definition) is 3. The van der Waals surface area contributed by atoms with E-state index in [0.29, 0.717) is 16.2 Å². The number of nitrogens with zero attached hydrogens (tertiary/aromatic N) is 1. The molecule has 0 saturated heterocycles. The minimum absolute atomic E-state index is 0.279. The van der Waals surface area contributed by atoms with Crippen molar-refractivity contribution in [3.05, 3.63) is 50.5 Å². The Morgan fingerprint density at radius 2 is 1.71 bits per heavy atom. The maximum Gasteiger partial charge on any atom is 0.443 e. The maximum absolute atomic E-state index is 12.7. The van der Waals surface area contributed by atoms with Gasteiger partial charge in [-0.25, -0.2) is 4.98 Å². The molecule has 1 atom stereocenters. The third-order valence-electron chi connectivity index (χ3n) is 3.37. The fraction of sp³-hybridized carbons (Fsp3) is 0.400. The Labute approximate surface area is 126 Å². The average molecular weight is 314 g/mol. The minimum Gasteiger partial charge on any atom is -0.309 e. The Bertz CT molecular complexity index is 624. The number of aryl methyl sites for hydroxylation is 3. The van der Waals surface area contributed by atoms with Gasteiger partial charge >= 0.3 is 6.18 Å². The molecule has 1 aromatic heterocycles. The highest BCUT2D eigenvalue weighted by atomic mass is 32.1. The molecule has 1 aromatic carbocycles. The fourth-order valence-electron chi connectivity index (χ4n) is 2.63. The first kappa shape index (κ1) is 16.0. The van der Waals surface area contributed by atoms with Gasteiger partial charge in [-0.05, 0) is 44.5 Å². The van der Waals surface area contributed by atoms with Crippen LogP contribution < -0.4 is 5.32 Å². The lowest BCUT2D eigenvalue weighted by Gasteiger charge is -2.20. The van der Waals surface area contributed by atoms with Crippen LogP contribution in [0.2, 0.25) is 0 Å². The SMILES string of the molecule is CNC(c1cnc(C(F)(F)F)s1)c1c(C)cc(C)cc1C. The second-order valence-corrected chi connectivity index (χ2v) is 6.16. The van der Waals surface area contributed by atoms with Crippen molar-refractivity contribution < 1.29 is 13.2 Å². The van der Waals surface area contributed by atoms with Crippen LogP contribution in [0.1, 0.15) is 38.2 Å². The van der Waals surface area contributed by atoms with Gasteiger partial charge in [0.2, 0.25) is 0 Å². The second-order valence-electron chi connectivity index (χ2n) is 5.10. The van der Waals surface area contributed by atoms with Crippen molar-refractivity contribution in [2.24, 2.45) is 0 Å². The Morgan fingerprint density at radius 3 is 2.14 bits per heavy atom. The zero-order valence-electron chi connectivity index (χ0n) is 12.3. The average Bonchev–Trinajstić information content (AvgIpc) is 2.82. The van der Waals surface area contributed by atoms with Crippen LogP contribution in [0.15, 0.2) is 18.3 Å². The summed E-state index contributed by atoms with van der Waals surface area (Å²) in [6.45, 7) is 5.96. The molecule has 6 heteroatoms. The molecule has 0 spiro atoms. The van der Waals surface area contributed by atoms with Crippen LogP contribution in [0.25, 0.3) is 0 Å². The molecule has 0 radical (unpaired) electrons. The number of rotatable bonds is 3. The van der Waals surface area contributed by atoms with Crippen molar-refractivity contribution in [2.75, 3.05) is 7.05 Å².